The number of Topliss-reactive ketones (excluding diaryl/α,β-unsaturated/α-hetero) is 1. The molecule has 1 aromatic rings. The number of carbonyl (C=O) groups excluding carboxylic acids is 1. The Morgan fingerprint density at radius 1 is 1.50 bits per heavy atom. The monoisotopic (exact) mass is 182 g/mol. The van der Waals surface area contributed by atoms with Gasteiger partial charge < -0.3 is 0 Å². The van der Waals surface area contributed by atoms with Crippen molar-refractivity contribution in [3.63, 3.8) is 0 Å². The average molecular weight is 183 g/mol. The molecule has 0 radical (unpaired) electrons. The standard InChI is InChI=1S/C10H11ClO/c1-3-10(12)8-5-4-7(2)9(11)6-8/h4-6H,3H2,1-2H3. The smallest absolute Gasteiger partial charge is 0.162 e. The highest BCUT2D eigenvalue weighted by atomic mass is 35.5. The second-order valence-corrected chi connectivity index (χ2v) is 3.15. The van der Waals surface area contributed by atoms with Crippen LogP contribution in [0.1, 0.15) is 29.3 Å². The number of hydrogen-bond donors (Lipinski definition) is 0. The molecule has 0 saturated heterocycles. The highest BCUT2D eigenvalue weighted by Gasteiger charge is 2.03. The fraction of sp³-hybridized carbons (Fsp3) is 0.300. The average Bonchev–Trinajstić information content (AvgIpc) is 2.08. The van der Waals surface area contributed by atoms with E-state index >= 15 is 0 Å². The molecule has 0 heterocycles. The van der Waals surface area contributed by atoms with E-state index in [9.17, 15) is 4.79 Å². The first-order valence-electron chi connectivity index (χ1n) is 3.94. The Labute approximate surface area is 77.4 Å². The van der Waals surface area contributed by atoms with Gasteiger partial charge in [-0.05, 0) is 18.6 Å². The van der Waals surface area contributed by atoms with E-state index in [1.807, 2.05) is 26.0 Å². The third-order valence-electron chi connectivity index (χ3n) is 1.81. The van der Waals surface area contributed by atoms with Gasteiger partial charge in [-0.1, -0.05) is 30.7 Å². The van der Waals surface area contributed by atoms with Crippen LogP contribution >= 0.6 is 11.6 Å². The Morgan fingerprint density at radius 3 is 2.67 bits per heavy atom. The quantitative estimate of drug-likeness (QED) is 0.642. The van der Waals surface area contributed by atoms with Crippen molar-refractivity contribution in [3.05, 3.63) is 34.3 Å². The molecular formula is C10H11ClO. The molecular weight excluding hydrogens is 172 g/mol. The van der Waals surface area contributed by atoms with E-state index in [0.29, 0.717) is 17.0 Å². The lowest BCUT2D eigenvalue weighted by molar-refractivity contribution is 0.0988. The zero-order chi connectivity index (χ0) is 9.14. The van der Waals surface area contributed by atoms with E-state index < -0.39 is 0 Å². The molecule has 0 atom stereocenters. The van der Waals surface area contributed by atoms with Gasteiger partial charge in [0, 0.05) is 17.0 Å². The van der Waals surface area contributed by atoms with Crippen molar-refractivity contribution in [2.45, 2.75) is 20.3 Å². The van der Waals surface area contributed by atoms with Gasteiger partial charge in [0.2, 0.25) is 0 Å². The maximum Gasteiger partial charge on any atom is 0.162 e. The number of aryl methyl sites for hydroxylation is 1. The number of benzene rings is 1. The molecule has 0 N–H and O–H groups in total. The molecule has 1 rings (SSSR count). The van der Waals surface area contributed by atoms with Crippen LogP contribution in [0, 0.1) is 6.92 Å². The van der Waals surface area contributed by atoms with E-state index in [1.165, 1.54) is 0 Å². The van der Waals surface area contributed by atoms with Crippen molar-refractivity contribution in [3.8, 4) is 0 Å². The van der Waals surface area contributed by atoms with Gasteiger partial charge in [-0.15, -0.1) is 0 Å². The van der Waals surface area contributed by atoms with E-state index in [2.05, 4.69) is 0 Å². The molecule has 0 spiro atoms. The van der Waals surface area contributed by atoms with E-state index in [4.69, 9.17) is 11.6 Å². The molecule has 0 saturated carbocycles. The molecule has 0 bridgehead atoms. The zero-order valence-corrected chi connectivity index (χ0v) is 7.98. The molecule has 64 valence electrons. The summed E-state index contributed by atoms with van der Waals surface area (Å²) in [5.41, 5.74) is 1.71. The third kappa shape index (κ3) is 1.86. The SMILES string of the molecule is CCC(=O)c1ccc(C)c(Cl)c1. The number of ketones is 1. The summed E-state index contributed by atoms with van der Waals surface area (Å²) in [6, 6.07) is 5.40. The summed E-state index contributed by atoms with van der Waals surface area (Å²) < 4.78 is 0. The molecule has 0 aliphatic heterocycles. The van der Waals surface area contributed by atoms with Crippen molar-refractivity contribution < 1.29 is 4.79 Å². The minimum atomic E-state index is 0.136. The molecule has 1 aromatic carbocycles. The van der Waals surface area contributed by atoms with E-state index in [-0.39, 0.29) is 5.78 Å². The van der Waals surface area contributed by atoms with Crippen molar-refractivity contribution in [1.82, 2.24) is 0 Å². The molecule has 0 aliphatic rings. The molecule has 1 nitrogen and oxygen atoms in total. The lowest BCUT2D eigenvalue weighted by Crippen LogP contribution is -1.96. The van der Waals surface area contributed by atoms with Gasteiger partial charge in [0.15, 0.2) is 5.78 Å². The van der Waals surface area contributed by atoms with Gasteiger partial charge >= 0.3 is 0 Å². The summed E-state index contributed by atoms with van der Waals surface area (Å²) in [5.74, 6) is 0.136. The Balaban J connectivity index is 3.05. The number of carbonyl (C=O) groups is 1. The van der Waals surface area contributed by atoms with Crippen LogP contribution in [0.2, 0.25) is 5.02 Å². The molecule has 12 heavy (non-hydrogen) atoms. The summed E-state index contributed by atoms with van der Waals surface area (Å²) in [7, 11) is 0. The summed E-state index contributed by atoms with van der Waals surface area (Å²) in [5, 5.41) is 0.661. The highest BCUT2D eigenvalue weighted by molar-refractivity contribution is 6.31. The lowest BCUT2D eigenvalue weighted by atomic mass is 10.1. The second kappa shape index (κ2) is 3.72. The molecule has 0 unspecified atom stereocenters. The first kappa shape index (κ1) is 9.27. The van der Waals surface area contributed by atoms with Crippen LogP contribution in [0.25, 0.3) is 0 Å². The fourth-order valence-electron chi connectivity index (χ4n) is 0.970. The minimum absolute atomic E-state index is 0.136. The first-order chi connectivity index (χ1) is 5.65. The predicted molar refractivity (Wildman–Crippen MR) is 50.8 cm³/mol. The van der Waals surface area contributed by atoms with Crippen LogP contribution in [-0.2, 0) is 0 Å². The second-order valence-electron chi connectivity index (χ2n) is 2.74. The van der Waals surface area contributed by atoms with Crippen LogP contribution in [0.5, 0.6) is 0 Å². The van der Waals surface area contributed by atoms with Gasteiger partial charge in [-0.2, -0.15) is 0 Å². The van der Waals surface area contributed by atoms with Crippen molar-refractivity contribution >= 4 is 17.4 Å². The maximum atomic E-state index is 11.2. The molecule has 2 heteroatoms. The van der Waals surface area contributed by atoms with Crippen LogP contribution < -0.4 is 0 Å². The Hall–Kier alpha value is -0.820. The molecule has 0 aliphatic carbocycles. The largest absolute Gasteiger partial charge is 0.294 e. The van der Waals surface area contributed by atoms with E-state index in [0.717, 1.165) is 5.56 Å². The van der Waals surface area contributed by atoms with Crippen LogP contribution in [-0.4, -0.2) is 5.78 Å². The molecule has 0 aromatic heterocycles. The normalized spacial score (nSPS) is 9.92. The maximum absolute atomic E-state index is 11.2. The lowest BCUT2D eigenvalue weighted by Gasteiger charge is -2.00. The van der Waals surface area contributed by atoms with Crippen LogP contribution in [0.4, 0.5) is 0 Å². The van der Waals surface area contributed by atoms with Gasteiger partial charge in [0.05, 0.1) is 0 Å². The minimum Gasteiger partial charge on any atom is -0.294 e. The first-order valence-corrected chi connectivity index (χ1v) is 4.32. The van der Waals surface area contributed by atoms with Crippen molar-refractivity contribution in [2.24, 2.45) is 0 Å². The predicted octanol–water partition coefficient (Wildman–Crippen LogP) is 3.24. The zero-order valence-electron chi connectivity index (χ0n) is 7.23. The van der Waals surface area contributed by atoms with Gasteiger partial charge in [0.25, 0.3) is 0 Å². The topological polar surface area (TPSA) is 17.1 Å². The summed E-state index contributed by atoms with van der Waals surface area (Å²) in [4.78, 5) is 11.2. The van der Waals surface area contributed by atoms with Crippen LogP contribution in [0.3, 0.4) is 0 Å². The van der Waals surface area contributed by atoms with E-state index in [1.54, 1.807) is 6.07 Å². The number of rotatable bonds is 2. The molecule has 0 amide bonds. The summed E-state index contributed by atoms with van der Waals surface area (Å²) in [6.07, 6.45) is 0.527. The summed E-state index contributed by atoms with van der Waals surface area (Å²) in [6.45, 7) is 3.76. The van der Waals surface area contributed by atoms with Crippen LogP contribution in [0.15, 0.2) is 18.2 Å². The fourth-order valence-corrected chi connectivity index (χ4v) is 1.15. The highest BCUT2D eigenvalue weighted by Crippen LogP contribution is 2.17. The Kier molecular flexibility index (Phi) is 2.88. The van der Waals surface area contributed by atoms with Gasteiger partial charge in [-0.3, -0.25) is 4.79 Å². The van der Waals surface area contributed by atoms with Crippen molar-refractivity contribution in [1.29, 1.82) is 0 Å². The summed E-state index contributed by atoms with van der Waals surface area (Å²) >= 11 is 5.86. The Bertz CT molecular complexity index is 305. The Morgan fingerprint density at radius 2 is 2.17 bits per heavy atom. The van der Waals surface area contributed by atoms with Gasteiger partial charge in [0.1, 0.15) is 0 Å². The number of halogens is 1. The van der Waals surface area contributed by atoms with Crippen molar-refractivity contribution in [2.75, 3.05) is 0 Å². The molecule has 0 fully saturated rings. The number of hydrogen-bond acceptors (Lipinski definition) is 1. The van der Waals surface area contributed by atoms with Gasteiger partial charge in [-0.25, -0.2) is 0 Å². The third-order valence-corrected chi connectivity index (χ3v) is 2.22.